The highest BCUT2D eigenvalue weighted by molar-refractivity contribution is 7.22. The van der Waals surface area contributed by atoms with Crippen LogP contribution < -0.4 is 5.32 Å². The van der Waals surface area contributed by atoms with Crippen molar-refractivity contribution in [3.05, 3.63) is 24.3 Å². The summed E-state index contributed by atoms with van der Waals surface area (Å²) < 4.78 is 1.07. The number of amides is 1. The number of nitrogens with zero attached hydrogens (tertiary/aromatic N) is 2. The van der Waals surface area contributed by atoms with E-state index in [1.54, 1.807) is 0 Å². The largest absolute Gasteiger partial charge is 0.393 e. The molecule has 1 aromatic heterocycles. The molecule has 2 heterocycles. The quantitative estimate of drug-likeness (QED) is 0.909. The number of hydrogen-bond donors (Lipinski definition) is 2. The molecular weight excluding hydrogens is 286 g/mol. The highest BCUT2D eigenvalue weighted by Crippen LogP contribution is 2.25. The van der Waals surface area contributed by atoms with E-state index < -0.39 is 0 Å². The predicted octanol–water partition coefficient (Wildman–Crippen LogP) is 1.94. The second-order valence-electron chi connectivity index (χ2n) is 5.60. The number of para-hydroxylation sites is 1. The number of hydrogen-bond acceptors (Lipinski definition) is 5. The molecular formula is C15H19N3O2S. The van der Waals surface area contributed by atoms with E-state index in [0.29, 0.717) is 11.7 Å². The molecule has 5 nitrogen and oxygen atoms in total. The van der Waals surface area contributed by atoms with E-state index in [-0.39, 0.29) is 17.9 Å². The fourth-order valence-corrected chi connectivity index (χ4v) is 3.53. The number of aliphatic hydroxyl groups is 1. The van der Waals surface area contributed by atoms with E-state index in [1.165, 1.54) is 11.3 Å². The topological polar surface area (TPSA) is 65.5 Å². The van der Waals surface area contributed by atoms with Crippen molar-refractivity contribution in [3.8, 4) is 0 Å². The second kappa shape index (κ2) is 6.09. The minimum atomic E-state index is -0.242. The Labute approximate surface area is 127 Å². The summed E-state index contributed by atoms with van der Waals surface area (Å²) in [5, 5.41) is 13.2. The lowest BCUT2D eigenvalue weighted by Crippen LogP contribution is -2.45. The number of rotatable bonds is 3. The number of benzene rings is 1. The van der Waals surface area contributed by atoms with Gasteiger partial charge in [-0.3, -0.25) is 9.69 Å². The van der Waals surface area contributed by atoms with Crippen LogP contribution in [-0.2, 0) is 4.79 Å². The van der Waals surface area contributed by atoms with E-state index in [1.807, 2.05) is 31.2 Å². The molecule has 2 N–H and O–H groups in total. The minimum absolute atomic E-state index is 0.0438. The fraction of sp³-hybridized carbons (Fsp3) is 0.467. The summed E-state index contributed by atoms with van der Waals surface area (Å²) in [6.07, 6.45) is 0.490. The first-order chi connectivity index (χ1) is 10.1. The number of carbonyl (C=O) groups is 1. The summed E-state index contributed by atoms with van der Waals surface area (Å²) >= 11 is 1.49. The number of piperidine rings is 1. The average molecular weight is 305 g/mol. The van der Waals surface area contributed by atoms with Crippen molar-refractivity contribution in [1.82, 2.24) is 9.88 Å². The maximum Gasteiger partial charge on any atom is 0.240 e. The van der Waals surface area contributed by atoms with Crippen molar-refractivity contribution < 1.29 is 9.90 Å². The molecule has 2 atom stereocenters. The van der Waals surface area contributed by atoms with Gasteiger partial charge in [0.05, 0.1) is 22.9 Å². The van der Waals surface area contributed by atoms with Gasteiger partial charge in [-0.2, -0.15) is 0 Å². The molecule has 0 radical (unpaired) electrons. The van der Waals surface area contributed by atoms with E-state index in [4.69, 9.17) is 0 Å². The molecule has 0 bridgehead atoms. The average Bonchev–Trinajstić information content (AvgIpc) is 2.84. The maximum absolute atomic E-state index is 12.1. The Kier molecular flexibility index (Phi) is 4.19. The van der Waals surface area contributed by atoms with Crippen molar-refractivity contribution in [3.63, 3.8) is 0 Å². The number of anilines is 1. The van der Waals surface area contributed by atoms with Crippen LogP contribution in [0.3, 0.4) is 0 Å². The van der Waals surface area contributed by atoms with Crippen molar-refractivity contribution in [2.24, 2.45) is 5.92 Å². The number of thiazole rings is 1. The van der Waals surface area contributed by atoms with Gasteiger partial charge >= 0.3 is 0 Å². The van der Waals surface area contributed by atoms with Gasteiger partial charge in [0.2, 0.25) is 5.91 Å². The smallest absolute Gasteiger partial charge is 0.240 e. The lowest BCUT2D eigenvalue weighted by atomic mass is 9.97. The summed E-state index contributed by atoms with van der Waals surface area (Å²) in [4.78, 5) is 18.6. The van der Waals surface area contributed by atoms with Crippen molar-refractivity contribution >= 4 is 32.6 Å². The summed E-state index contributed by atoms with van der Waals surface area (Å²) in [6.45, 7) is 3.89. The van der Waals surface area contributed by atoms with Crippen LogP contribution in [-0.4, -0.2) is 46.6 Å². The highest BCUT2D eigenvalue weighted by atomic mass is 32.1. The van der Waals surface area contributed by atoms with Gasteiger partial charge in [-0.15, -0.1) is 0 Å². The Morgan fingerprint density at radius 3 is 3.10 bits per heavy atom. The number of carbonyl (C=O) groups excluding carboxylic acids is 1. The lowest BCUT2D eigenvalue weighted by molar-refractivity contribution is -0.118. The molecule has 1 saturated heterocycles. The van der Waals surface area contributed by atoms with Gasteiger partial charge in [0.1, 0.15) is 0 Å². The molecule has 0 aliphatic carbocycles. The first-order valence-corrected chi connectivity index (χ1v) is 7.99. The van der Waals surface area contributed by atoms with Gasteiger partial charge < -0.3 is 10.4 Å². The minimum Gasteiger partial charge on any atom is -0.393 e. The van der Waals surface area contributed by atoms with Crippen LogP contribution in [0.1, 0.15) is 13.3 Å². The molecule has 1 fully saturated rings. The van der Waals surface area contributed by atoms with Gasteiger partial charge in [0.25, 0.3) is 0 Å². The van der Waals surface area contributed by atoms with E-state index in [9.17, 15) is 9.90 Å². The Morgan fingerprint density at radius 1 is 1.52 bits per heavy atom. The summed E-state index contributed by atoms with van der Waals surface area (Å²) in [7, 11) is 0. The number of aliphatic hydroxyl groups excluding tert-OH is 1. The zero-order chi connectivity index (χ0) is 14.8. The first kappa shape index (κ1) is 14.4. The molecule has 1 amide bonds. The number of nitrogens with one attached hydrogen (secondary N) is 1. The molecule has 2 aromatic rings. The molecule has 6 heteroatoms. The van der Waals surface area contributed by atoms with Crippen LogP contribution in [0.15, 0.2) is 24.3 Å². The van der Waals surface area contributed by atoms with Gasteiger partial charge in [-0.25, -0.2) is 4.98 Å². The second-order valence-corrected chi connectivity index (χ2v) is 6.63. The number of likely N-dealkylation sites (tertiary alicyclic amines) is 1. The molecule has 0 saturated carbocycles. The van der Waals surface area contributed by atoms with Gasteiger partial charge in [-0.05, 0) is 24.5 Å². The molecule has 3 rings (SSSR count). The summed E-state index contributed by atoms with van der Waals surface area (Å²) in [5.41, 5.74) is 0.910. The number of aromatic nitrogens is 1. The van der Waals surface area contributed by atoms with Crippen LogP contribution in [0.25, 0.3) is 10.2 Å². The zero-order valence-corrected chi connectivity index (χ0v) is 12.8. The third kappa shape index (κ3) is 3.40. The van der Waals surface area contributed by atoms with Gasteiger partial charge in [0.15, 0.2) is 5.13 Å². The fourth-order valence-electron chi connectivity index (χ4n) is 2.65. The van der Waals surface area contributed by atoms with Gasteiger partial charge in [-0.1, -0.05) is 30.4 Å². The summed E-state index contributed by atoms with van der Waals surface area (Å²) in [5.74, 6) is 0.173. The normalized spacial score (nSPS) is 23.3. The van der Waals surface area contributed by atoms with Crippen LogP contribution in [0.5, 0.6) is 0 Å². The molecule has 1 aliphatic rings. The SMILES string of the molecule is CC1CN(CC(=O)Nc2nc3ccccc3s2)CCC1O. The standard InChI is InChI=1S/C15H19N3O2S/c1-10-8-18(7-6-12(10)19)9-14(20)17-15-16-11-4-2-3-5-13(11)21-15/h2-5,10,12,19H,6-9H2,1H3,(H,16,17,20). The predicted molar refractivity (Wildman–Crippen MR) is 84.5 cm³/mol. The van der Waals surface area contributed by atoms with Crippen LogP contribution >= 0.6 is 11.3 Å². The summed E-state index contributed by atoms with van der Waals surface area (Å²) in [6, 6.07) is 7.84. The van der Waals surface area contributed by atoms with Crippen LogP contribution in [0.2, 0.25) is 0 Å². The Bertz CT molecular complexity index is 610. The zero-order valence-electron chi connectivity index (χ0n) is 12.0. The lowest BCUT2D eigenvalue weighted by Gasteiger charge is -2.33. The van der Waals surface area contributed by atoms with Crippen LogP contribution in [0.4, 0.5) is 5.13 Å². The van der Waals surface area contributed by atoms with E-state index >= 15 is 0 Å². The Morgan fingerprint density at radius 2 is 2.33 bits per heavy atom. The highest BCUT2D eigenvalue weighted by Gasteiger charge is 2.25. The Balaban J connectivity index is 1.59. The molecule has 2 unspecified atom stereocenters. The van der Waals surface area contributed by atoms with Crippen molar-refractivity contribution in [2.75, 3.05) is 25.0 Å². The monoisotopic (exact) mass is 305 g/mol. The van der Waals surface area contributed by atoms with Gasteiger partial charge in [0, 0.05) is 13.1 Å². The molecule has 0 spiro atoms. The molecule has 1 aliphatic heterocycles. The molecule has 1 aromatic carbocycles. The van der Waals surface area contributed by atoms with Crippen molar-refractivity contribution in [2.45, 2.75) is 19.4 Å². The molecule has 21 heavy (non-hydrogen) atoms. The third-order valence-corrected chi connectivity index (χ3v) is 4.80. The van der Waals surface area contributed by atoms with Crippen LogP contribution in [0, 0.1) is 5.92 Å². The third-order valence-electron chi connectivity index (χ3n) is 3.85. The van der Waals surface area contributed by atoms with E-state index in [2.05, 4.69) is 15.2 Å². The van der Waals surface area contributed by atoms with E-state index in [0.717, 1.165) is 29.7 Å². The number of fused-ring (bicyclic) bond motifs is 1. The Hall–Kier alpha value is -1.50. The maximum atomic E-state index is 12.1. The molecule has 112 valence electrons. The first-order valence-electron chi connectivity index (χ1n) is 7.17. The van der Waals surface area contributed by atoms with Crippen molar-refractivity contribution in [1.29, 1.82) is 0 Å².